The average Bonchev–Trinajstić information content (AvgIpc) is 2.52. The Hall–Kier alpha value is -1.89. The van der Waals surface area contributed by atoms with Crippen LogP contribution in [-0.4, -0.2) is 50.4 Å². The molecule has 0 rings (SSSR count). The molecular formula is C16H28O7. The zero-order valence-corrected chi connectivity index (χ0v) is 14.8. The third kappa shape index (κ3) is 11.3. The SMILES string of the molecule is C=C(C)C(=O)OCC.CCC(=O)OC(C(C)OC)C(C)OC=O. The summed E-state index contributed by atoms with van der Waals surface area (Å²) in [6.45, 7) is 12.6. The van der Waals surface area contributed by atoms with Crippen molar-refractivity contribution in [1.29, 1.82) is 0 Å². The van der Waals surface area contributed by atoms with Gasteiger partial charge in [0.05, 0.1) is 12.7 Å². The molecule has 0 N–H and O–H groups in total. The van der Waals surface area contributed by atoms with Crippen molar-refractivity contribution in [1.82, 2.24) is 0 Å². The van der Waals surface area contributed by atoms with Crippen molar-refractivity contribution in [2.75, 3.05) is 13.7 Å². The Balaban J connectivity index is 0. The van der Waals surface area contributed by atoms with E-state index in [1.54, 1.807) is 34.6 Å². The van der Waals surface area contributed by atoms with Crippen LogP contribution in [0.15, 0.2) is 12.2 Å². The van der Waals surface area contributed by atoms with Crippen LogP contribution < -0.4 is 0 Å². The number of hydrogen-bond acceptors (Lipinski definition) is 7. The third-order valence-corrected chi connectivity index (χ3v) is 2.75. The molecule has 134 valence electrons. The van der Waals surface area contributed by atoms with Crippen molar-refractivity contribution in [3.05, 3.63) is 12.2 Å². The highest BCUT2D eigenvalue weighted by atomic mass is 16.6. The Labute approximate surface area is 137 Å². The van der Waals surface area contributed by atoms with Crippen LogP contribution in [0.25, 0.3) is 0 Å². The van der Waals surface area contributed by atoms with Gasteiger partial charge in [-0.2, -0.15) is 0 Å². The van der Waals surface area contributed by atoms with E-state index in [1.807, 2.05) is 0 Å². The summed E-state index contributed by atoms with van der Waals surface area (Å²) in [4.78, 5) is 31.7. The largest absolute Gasteiger partial charge is 0.463 e. The molecule has 0 saturated heterocycles. The zero-order valence-electron chi connectivity index (χ0n) is 14.8. The average molecular weight is 332 g/mol. The predicted molar refractivity (Wildman–Crippen MR) is 84.7 cm³/mol. The van der Waals surface area contributed by atoms with Crippen LogP contribution >= 0.6 is 0 Å². The van der Waals surface area contributed by atoms with Gasteiger partial charge in [-0.1, -0.05) is 13.5 Å². The Morgan fingerprint density at radius 3 is 2.04 bits per heavy atom. The standard InChI is InChI=1S/C10H18O5.C6H10O2/c1-5-9(12)15-10(7(2)13-4)8(3)14-6-11;1-4-8-6(7)5(2)3/h6-8,10H,5H2,1-4H3;2,4H2,1,3H3. The van der Waals surface area contributed by atoms with Gasteiger partial charge in [-0.3, -0.25) is 9.59 Å². The van der Waals surface area contributed by atoms with Crippen LogP contribution in [0.1, 0.15) is 41.0 Å². The molecule has 7 heteroatoms. The van der Waals surface area contributed by atoms with Crippen LogP contribution in [0.3, 0.4) is 0 Å². The van der Waals surface area contributed by atoms with Gasteiger partial charge >= 0.3 is 11.9 Å². The van der Waals surface area contributed by atoms with Crippen molar-refractivity contribution in [2.45, 2.75) is 59.4 Å². The Morgan fingerprint density at radius 1 is 1.17 bits per heavy atom. The second-order valence-electron chi connectivity index (χ2n) is 4.69. The lowest BCUT2D eigenvalue weighted by molar-refractivity contribution is -0.170. The molecule has 0 saturated carbocycles. The maximum atomic E-state index is 11.1. The van der Waals surface area contributed by atoms with Crippen LogP contribution in [0.2, 0.25) is 0 Å². The zero-order chi connectivity index (χ0) is 18.4. The molecule has 0 aromatic carbocycles. The summed E-state index contributed by atoms with van der Waals surface area (Å²) < 4.78 is 19.5. The highest BCUT2D eigenvalue weighted by Gasteiger charge is 2.28. The number of ether oxygens (including phenoxy) is 4. The summed E-state index contributed by atoms with van der Waals surface area (Å²) >= 11 is 0. The van der Waals surface area contributed by atoms with Gasteiger partial charge in [-0.25, -0.2) is 4.79 Å². The van der Waals surface area contributed by atoms with E-state index in [0.29, 0.717) is 18.7 Å². The van der Waals surface area contributed by atoms with Gasteiger partial charge in [0.1, 0.15) is 6.10 Å². The lowest BCUT2D eigenvalue weighted by Crippen LogP contribution is -2.40. The van der Waals surface area contributed by atoms with Crippen LogP contribution in [-0.2, 0) is 33.3 Å². The van der Waals surface area contributed by atoms with Crippen molar-refractivity contribution in [3.8, 4) is 0 Å². The summed E-state index contributed by atoms with van der Waals surface area (Å²) in [5.41, 5.74) is 0.451. The molecule has 0 aromatic rings. The topological polar surface area (TPSA) is 88.1 Å². The van der Waals surface area contributed by atoms with Crippen molar-refractivity contribution >= 4 is 18.4 Å². The van der Waals surface area contributed by atoms with Crippen LogP contribution in [0, 0.1) is 0 Å². The Morgan fingerprint density at radius 2 is 1.74 bits per heavy atom. The Kier molecular flexibility index (Phi) is 14.0. The minimum Gasteiger partial charge on any atom is -0.463 e. The molecular weight excluding hydrogens is 304 g/mol. The van der Waals surface area contributed by atoms with Crippen molar-refractivity contribution in [3.63, 3.8) is 0 Å². The van der Waals surface area contributed by atoms with Crippen molar-refractivity contribution < 1.29 is 33.3 Å². The maximum absolute atomic E-state index is 11.1. The van der Waals surface area contributed by atoms with E-state index < -0.39 is 12.2 Å². The summed E-state index contributed by atoms with van der Waals surface area (Å²) in [5.74, 6) is -0.655. The molecule has 3 atom stereocenters. The second-order valence-corrected chi connectivity index (χ2v) is 4.69. The molecule has 0 aliphatic carbocycles. The van der Waals surface area contributed by atoms with Gasteiger partial charge in [0.25, 0.3) is 6.47 Å². The fourth-order valence-electron chi connectivity index (χ4n) is 1.36. The molecule has 0 spiro atoms. The van der Waals surface area contributed by atoms with E-state index in [0.717, 1.165) is 0 Å². The van der Waals surface area contributed by atoms with E-state index in [-0.39, 0.29) is 24.5 Å². The summed E-state index contributed by atoms with van der Waals surface area (Å²) in [7, 11) is 1.51. The first kappa shape index (κ1) is 23.4. The maximum Gasteiger partial charge on any atom is 0.333 e. The minimum absolute atomic E-state index is 0.279. The van der Waals surface area contributed by atoms with E-state index in [9.17, 15) is 14.4 Å². The van der Waals surface area contributed by atoms with E-state index in [1.165, 1.54) is 7.11 Å². The van der Waals surface area contributed by atoms with Crippen molar-refractivity contribution in [2.24, 2.45) is 0 Å². The fraction of sp³-hybridized carbons (Fsp3) is 0.688. The molecule has 0 radical (unpaired) electrons. The quantitative estimate of drug-likeness (QED) is 0.276. The number of esters is 2. The highest BCUT2D eigenvalue weighted by molar-refractivity contribution is 5.86. The van der Waals surface area contributed by atoms with Gasteiger partial charge in [0.15, 0.2) is 6.10 Å². The first-order valence-electron chi connectivity index (χ1n) is 7.38. The summed E-state index contributed by atoms with van der Waals surface area (Å²) in [6.07, 6.45) is -1.14. The number of carbonyl (C=O) groups excluding carboxylic acids is 3. The minimum atomic E-state index is -0.576. The van der Waals surface area contributed by atoms with Gasteiger partial charge < -0.3 is 18.9 Å². The predicted octanol–water partition coefficient (Wildman–Crippen LogP) is 2.03. The molecule has 0 bridgehead atoms. The summed E-state index contributed by atoms with van der Waals surface area (Å²) in [6, 6.07) is 0. The fourth-order valence-corrected chi connectivity index (χ4v) is 1.36. The van der Waals surface area contributed by atoms with E-state index in [2.05, 4.69) is 11.3 Å². The van der Waals surface area contributed by atoms with E-state index in [4.69, 9.17) is 14.2 Å². The van der Waals surface area contributed by atoms with Gasteiger partial charge in [0, 0.05) is 19.1 Å². The van der Waals surface area contributed by atoms with Crippen LogP contribution in [0.4, 0.5) is 0 Å². The van der Waals surface area contributed by atoms with Gasteiger partial charge in [-0.15, -0.1) is 0 Å². The van der Waals surface area contributed by atoms with E-state index >= 15 is 0 Å². The first-order chi connectivity index (χ1) is 10.7. The first-order valence-corrected chi connectivity index (χ1v) is 7.38. The molecule has 0 heterocycles. The Bertz CT molecular complexity index is 379. The monoisotopic (exact) mass is 332 g/mol. The molecule has 0 fully saturated rings. The smallest absolute Gasteiger partial charge is 0.333 e. The number of hydrogen-bond donors (Lipinski definition) is 0. The molecule has 7 nitrogen and oxygen atoms in total. The number of carbonyl (C=O) groups is 3. The molecule has 0 aliphatic heterocycles. The summed E-state index contributed by atoms with van der Waals surface area (Å²) in [5, 5.41) is 0. The molecule has 3 unspecified atom stereocenters. The number of rotatable bonds is 9. The molecule has 0 aliphatic rings. The highest BCUT2D eigenvalue weighted by Crippen LogP contribution is 2.11. The third-order valence-electron chi connectivity index (χ3n) is 2.75. The van der Waals surface area contributed by atoms with Gasteiger partial charge in [-0.05, 0) is 27.7 Å². The lowest BCUT2D eigenvalue weighted by Gasteiger charge is -2.26. The molecule has 0 aromatic heterocycles. The molecule has 0 amide bonds. The molecule has 23 heavy (non-hydrogen) atoms. The normalized spacial score (nSPS) is 13.5. The van der Waals surface area contributed by atoms with Crippen LogP contribution in [0.5, 0.6) is 0 Å². The second kappa shape index (κ2) is 13.8. The number of methoxy groups -OCH3 is 1. The lowest BCUT2D eigenvalue weighted by atomic mass is 10.1. The van der Waals surface area contributed by atoms with Gasteiger partial charge in [0.2, 0.25) is 0 Å².